The van der Waals surface area contributed by atoms with Gasteiger partial charge in [0.15, 0.2) is 0 Å². The van der Waals surface area contributed by atoms with Gasteiger partial charge < -0.3 is 0 Å². The Morgan fingerprint density at radius 2 is 1.29 bits per heavy atom. The molecule has 7 atom stereocenters. The fourth-order valence-corrected chi connectivity index (χ4v) is 17.0. The third kappa shape index (κ3) is 1.67. The van der Waals surface area contributed by atoms with E-state index in [4.69, 9.17) is 12.6 Å². The van der Waals surface area contributed by atoms with Crippen LogP contribution < -0.4 is 0 Å². The van der Waals surface area contributed by atoms with Crippen LogP contribution in [0.15, 0.2) is 64.8 Å². The van der Waals surface area contributed by atoms with Crippen molar-refractivity contribution < 1.29 is 0 Å². The highest BCUT2D eigenvalue weighted by molar-refractivity contribution is 7.80. The molecule has 0 aromatic heterocycles. The fraction of sp³-hybridized carbons (Fsp3) is 0.333. The molecule has 8 aromatic carbocycles. The summed E-state index contributed by atoms with van der Waals surface area (Å²) in [5.41, 5.74) is 19.0. The summed E-state index contributed by atoms with van der Waals surface area (Å²) < 4.78 is 0. The quantitative estimate of drug-likeness (QED) is 0.144. The van der Waals surface area contributed by atoms with Crippen molar-refractivity contribution >= 4 is 93.6 Å². The third-order valence-electron chi connectivity index (χ3n) is 17.6. The maximum absolute atomic E-state index is 4.99. The molecule has 6 unspecified atom stereocenters. The molecule has 0 radical (unpaired) electrons. The summed E-state index contributed by atoms with van der Waals surface area (Å²) in [6.07, 6.45) is 6.42. The van der Waals surface area contributed by atoms with Gasteiger partial charge in [0.2, 0.25) is 0 Å². The van der Waals surface area contributed by atoms with Crippen LogP contribution in [-0.4, -0.2) is 5.75 Å². The van der Waals surface area contributed by atoms with Gasteiger partial charge in [-0.3, -0.25) is 0 Å². The summed E-state index contributed by atoms with van der Waals surface area (Å²) in [5.74, 6) is 2.48. The van der Waals surface area contributed by atoms with Crippen LogP contribution in [0.5, 0.6) is 0 Å². The molecule has 8 aromatic rings. The Morgan fingerprint density at radius 1 is 0.673 bits per heavy atom. The summed E-state index contributed by atoms with van der Waals surface area (Å²) >= 11 is 4.99. The number of thiol groups is 1. The molecule has 16 rings (SSSR count). The van der Waals surface area contributed by atoms with E-state index in [9.17, 15) is 0 Å². The topological polar surface area (TPSA) is 0 Å². The second-order valence-electron chi connectivity index (χ2n) is 18.6. The van der Waals surface area contributed by atoms with Crippen LogP contribution in [0.1, 0.15) is 93.2 Å². The van der Waals surface area contributed by atoms with E-state index in [-0.39, 0.29) is 21.7 Å². The lowest BCUT2D eigenvalue weighted by Crippen LogP contribution is -2.59. The zero-order valence-corrected chi connectivity index (χ0v) is 29.4. The second-order valence-corrected chi connectivity index (χ2v) is 19.0. The fourth-order valence-electron chi connectivity index (χ4n) is 16.9. The maximum Gasteiger partial charge on any atom is 0.0439 e. The van der Waals surface area contributed by atoms with E-state index in [0.29, 0.717) is 17.8 Å². The first kappa shape index (κ1) is 24.4. The number of hydrogen-bond donors (Lipinski definition) is 1. The molecular formula is C48H34S. The minimum Gasteiger partial charge on any atom is -0.179 e. The van der Waals surface area contributed by atoms with Gasteiger partial charge in [-0.25, -0.2) is 0 Å². The van der Waals surface area contributed by atoms with Gasteiger partial charge in [-0.15, -0.1) is 0 Å². The van der Waals surface area contributed by atoms with Crippen LogP contribution in [-0.2, 0) is 16.2 Å². The Balaban J connectivity index is 1.36. The molecule has 8 aliphatic rings. The predicted octanol–water partition coefficient (Wildman–Crippen LogP) is 12.2. The number of rotatable bonds is 3. The van der Waals surface area contributed by atoms with Crippen LogP contribution in [0, 0.1) is 17.3 Å². The van der Waals surface area contributed by atoms with Gasteiger partial charge in [0, 0.05) is 21.7 Å². The third-order valence-corrected chi connectivity index (χ3v) is 18.0. The summed E-state index contributed by atoms with van der Waals surface area (Å²) in [5, 5.41) is 22.2. The van der Waals surface area contributed by atoms with Gasteiger partial charge in [-0.2, -0.15) is 12.6 Å². The van der Waals surface area contributed by atoms with E-state index < -0.39 is 0 Å². The highest BCUT2D eigenvalue weighted by Gasteiger charge is 2.77. The van der Waals surface area contributed by atoms with Crippen molar-refractivity contribution in [2.45, 2.75) is 76.0 Å². The molecule has 0 heterocycles. The van der Waals surface area contributed by atoms with E-state index in [1.165, 1.54) is 40.8 Å². The number of hydrogen-bond acceptors (Lipinski definition) is 1. The van der Waals surface area contributed by atoms with Crippen LogP contribution in [0.3, 0.4) is 0 Å². The van der Waals surface area contributed by atoms with Crippen LogP contribution in [0.25, 0.3) is 81.0 Å². The molecule has 0 nitrogen and oxygen atoms in total. The average Bonchev–Trinajstić information content (AvgIpc) is 3.88. The first-order valence-electron chi connectivity index (χ1n) is 19.1. The smallest absolute Gasteiger partial charge is 0.0439 e. The standard InChI is InChI=1S/C48H34S/c1-17-15-25-23-11-9-21-19-7-8-20-22-10-12-24-26-16-18(2)38-27(17)43-44-46(4)40-36-34(30(21)32(23)39(40)45(25,43)3)28(19)29(20)35-31(22)33(24)42(41(46)37(35)36)47(26,5)48(38,44)13-6-14-49/h7-12,15,17-18,26,49H,6,13-14,16H2,1-5H3/t17?,18?,26?,45?,46-,47?,48?/m1/s1. The van der Waals surface area contributed by atoms with Crippen molar-refractivity contribution in [1.29, 1.82) is 0 Å². The van der Waals surface area contributed by atoms with E-state index in [2.05, 4.69) is 77.1 Å². The van der Waals surface area contributed by atoms with Gasteiger partial charge >= 0.3 is 0 Å². The molecule has 0 spiro atoms. The van der Waals surface area contributed by atoms with Gasteiger partial charge in [-0.05, 0) is 188 Å². The first-order valence-corrected chi connectivity index (χ1v) is 19.8. The Morgan fingerprint density at radius 3 is 2.00 bits per heavy atom. The molecule has 0 bridgehead atoms. The Labute approximate surface area is 289 Å². The van der Waals surface area contributed by atoms with Crippen LogP contribution in [0.4, 0.5) is 0 Å². The molecule has 232 valence electrons. The normalized spacial score (nSPS) is 36.2. The van der Waals surface area contributed by atoms with Crippen molar-refractivity contribution in [2.24, 2.45) is 17.3 Å². The van der Waals surface area contributed by atoms with Crippen LogP contribution in [0.2, 0.25) is 0 Å². The van der Waals surface area contributed by atoms with Gasteiger partial charge in [0.05, 0.1) is 0 Å². The summed E-state index contributed by atoms with van der Waals surface area (Å²) in [4.78, 5) is 0. The molecule has 1 saturated carbocycles. The number of fused-ring (bicyclic) bond motifs is 4. The molecule has 0 amide bonds. The van der Waals surface area contributed by atoms with Gasteiger partial charge in [0.25, 0.3) is 0 Å². The van der Waals surface area contributed by atoms with Gasteiger partial charge in [0.1, 0.15) is 0 Å². The number of benzene rings is 6. The van der Waals surface area contributed by atoms with E-state index >= 15 is 0 Å². The molecule has 0 aliphatic heterocycles. The lowest BCUT2D eigenvalue weighted by Gasteiger charge is -2.64. The summed E-state index contributed by atoms with van der Waals surface area (Å²) in [6.45, 7) is 13.5. The van der Waals surface area contributed by atoms with Crippen molar-refractivity contribution in [3.8, 4) is 0 Å². The molecular weight excluding hydrogens is 609 g/mol. The SMILES string of the molecule is CC1C=C2c3ccc4c5ccc6c7ccc8c9c%10c%11c%12c%13c%14c(c3c4c%13c5c6c%12c97)C2(C)C2=C(C3(CCCS)C(=C21)C(C)CC8C%103C)[C@]%14%11C. The van der Waals surface area contributed by atoms with E-state index in [1.807, 2.05) is 11.1 Å². The Kier molecular flexibility index (Phi) is 3.09. The predicted molar refractivity (Wildman–Crippen MR) is 208 cm³/mol. The lowest BCUT2D eigenvalue weighted by molar-refractivity contribution is 0.0937. The Bertz CT molecular complexity index is 3250. The molecule has 8 aliphatic carbocycles. The Hall–Kier alpha value is -3.81. The second kappa shape index (κ2) is 6.21. The average molecular weight is 643 g/mol. The monoisotopic (exact) mass is 642 g/mol. The van der Waals surface area contributed by atoms with E-state index in [1.54, 1.807) is 104 Å². The van der Waals surface area contributed by atoms with Gasteiger partial charge in [-0.1, -0.05) is 68.8 Å². The maximum atomic E-state index is 4.99. The highest BCUT2D eigenvalue weighted by Crippen LogP contribution is 2.87. The molecule has 49 heavy (non-hydrogen) atoms. The molecule has 1 heteroatoms. The van der Waals surface area contributed by atoms with Crippen molar-refractivity contribution in [1.82, 2.24) is 0 Å². The van der Waals surface area contributed by atoms with Crippen molar-refractivity contribution in [3.63, 3.8) is 0 Å². The zero-order chi connectivity index (χ0) is 31.9. The van der Waals surface area contributed by atoms with Crippen molar-refractivity contribution in [3.05, 3.63) is 98.1 Å². The zero-order valence-electron chi connectivity index (χ0n) is 28.5. The largest absolute Gasteiger partial charge is 0.179 e. The number of allylic oxidation sites excluding steroid dienone is 6. The first-order chi connectivity index (χ1) is 23.8. The summed E-state index contributed by atoms with van der Waals surface area (Å²) in [7, 11) is 0. The van der Waals surface area contributed by atoms with E-state index in [0.717, 1.165) is 5.75 Å². The molecule has 0 saturated heterocycles. The molecule has 0 N–H and O–H groups in total. The van der Waals surface area contributed by atoms with Crippen LogP contribution >= 0.6 is 12.6 Å². The lowest BCUT2D eigenvalue weighted by atomic mass is 9.37. The highest BCUT2D eigenvalue weighted by atomic mass is 32.1. The summed E-state index contributed by atoms with van der Waals surface area (Å²) in [6, 6.07) is 15.3. The minimum absolute atomic E-state index is 0.0203. The minimum atomic E-state index is -0.116. The molecule has 1 fully saturated rings. The van der Waals surface area contributed by atoms with Crippen molar-refractivity contribution in [2.75, 3.05) is 5.75 Å².